The molecule has 10 heteroatoms. The molecule has 1 aliphatic heterocycles. The maximum Gasteiger partial charge on any atom is 0.341 e. The third-order valence-corrected chi connectivity index (χ3v) is 7.44. The maximum absolute atomic E-state index is 12.5. The number of aryl methyl sites for hydroxylation is 1. The molecule has 0 radical (unpaired) electrons. The van der Waals surface area contributed by atoms with Gasteiger partial charge in [-0.2, -0.15) is 0 Å². The van der Waals surface area contributed by atoms with Crippen LogP contribution in [0.4, 0.5) is 5.00 Å². The SMILES string of the molecule is CCOC(=O)c1c(NC(=O)COC(=O)CN2C(=O)[C@H]3CCCC[C@@H]3C2=O)sc2c1CCC2. The average Bonchev–Trinajstić information content (AvgIpc) is 3.41. The van der Waals surface area contributed by atoms with Crippen LogP contribution in [0.1, 0.15) is 59.8 Å². The van der Waals surface area contributed by atoms with E-state index in [1.165, 1.54) is 11.3 Å². The van der Waals surface area contributed by atoms with Crippen LogP contribution < -0.4 is 5.32 Å². The number of anilines is 1. The molecule has 0 spiro atoms. The number of hydrogen-bond donors (Lipinski definition) is 1. The minimum absolute atomic E-state index is 0.226. The monoisotopic (exact) mass is 462 g/mol. The van der Waals surface area contributed by atoms with Crippen molar-refractivity contribution in [2.45, 2.75) is 51.9 Å². The van der Waals surface area contributed by atoms with E-state index in [9.17, 15) is 24.0 Å². The Morgan fingerprint density at radius 2 is 1.72 bits per heavy atom. The Hall–Kier alpha value is -2.75. The molecule has 3 aliphatic rings. The maximum atomic E-state index is 12.5. The zero-order valence-corrected chi connectivity index (χ0v) is 18.8. The lowest BCUT2D eigenvalue weighted by Gasteiger charge is -2.19. The van der Waals surface area contributed by atoms with E-state index >= 15 is 0 Å². The lowest BCUT2D eigenvalue weighted by atomic mass is 9.81. The molecule has 1 N–H and O–H groups in total. The van der Waals surface area contributed by atoms with E-state index < -0.39 is 31.0 Å². The number of amides is 3. The Balaban J connectivity index is 1.33. The quantitative estimate of drug-likeness (QED) is 0.487. The average molecular weight is 463 g/mol. The van der Waals surface area contributed by atoms with Crippen LogP contribution in [0.25, 0.3) is 0 Å². The molecule has 2 atom stereocenters. The van der Waals surface area contributed by atoms with Crippen molar-refractivity contribution in [3.05, 3.63) is 16.0 Å². The number of ether oxygens (including phenoxy) is 2. The number of imide groups is 1. The van der Waals surface area contributed by atoms with E-state index in [1.54, 1.807) is 6.92 Å². The number of nitrogens with zero attached hydrogens (tertiary/aromatic N) is 1. The molecule has 1 aromatic heterocycles. The number of hydrogen-bond acceptors (Lipinski definition) is 8. The summed E-state index contributed by atoms with van der Waals surface area (Å²) in [6.07, 6.45) is 5.68. The van der Waals surface area contributed by atoms with Gasteiger partial charge in [-0.05, 0) is 44.6 Å². The molecule has 0 unspecified atom stereocenters. The smallest absolute Gasteiger partial charge is 0.341 e. The van der Waals surface area contributed by atoms with E-state index in [1.807, 2.05) is 0 Å². The highest BCUT2D eigenvalue weighted by molar-refractivity contribution is 7.17. The fraction of sp³-hybridized carbons (Fsp3) is 0.591. The van der Waals surface area contributed by atoms with Crippen LogP contribution in [0.5, 0.6) is 0 Å². The summed E-state index contributed by atoms with van der Waals surface area (Å²) in [7, 11) is 0. The van der Waals surface area contributed by atoms with Crippen molar-refractivity contribution in [2.75, 3.05) is 25.1 Å². The van der Waals surface area contributed by atoms with E-state index in [4.69, 9.17) is 9.47 Å². The first-order valence-corrected chi connectivity index (χ1v) is 11.8. The van der Waals surface area contributed by atoms with Gasteiger partial charge in [0.1, 0.15) is 11.5 Å². The normalized spacial score (nSPS) is 21.8. The third-order valence-electron chi connectivity index (χ3n) is 6.24. The van der Waals surface area contributed by atoms with Crippen molar-refractivity contribution in [1.82, 2.24) is 4.90 Å². The van der Waals surface area contributed by atoms with Crippen LogP contribution in [0.2, 0.25) is 0 Å². The van der Waals surface area contributed by atoms with Gasteiger partial charge in [0.25, 0.3) is 5.91 Å². The number of carbonyl (C=O) groups is 5. The van der Waals surface area contributed by atoms with Crippen molar-refractivity contribution < 1.29 is 33.4 Å². The van der Waals surface area contributed by atoms with Gasteiger partial charge >= 0.3 is 11.9 Å². The predicted molar refractivity (Wildman–Crippen MR) is 114 cm³/mol. The topological polar surface area (TPSA) is 119 Å². The summed E-state index contributed by atoms with van der Waals surface area (Å²) in [5.74, 6) is -3.23. The summed E-state index contributed by atoms with van der Waals surface area (Å²) in [6, 6.07) is 0. The number of fused-ring (bicyclic) bond motifs is 2. The van der Waals surface area contributed by atoms with Crippen molar-refractivity contribution in [1.29, 1.82) is 0 Å². The van der Waals surface area contributed by atoms with Gasteiger partial charge in [-0.1, -0.05) is 12.8 Å². The number of nitrogens with one attached hydrogen (secondary N) is 1. The van der Waals surface area contributed by atoms with Crippen LogP contribution >= 0.6 is 11.3 Å². The second-order valence-electron chi connectivity index (χ2n) is 8.25. The molecule has 0 bridgehead atoms. The third kappa shape index (κ3) is 4.28. The van der Waals surface area contributed by atoms with E-state index in [0.29, 0.717) is 23.4 Å². The highest BCUT2D eigenvalue weighted by Crippen LogP contribution is 2.40. The van der Waals surface area contributed by atoms with Crippen molar-refractivity contribution >= 4 is 46.0 Å². The number of rotatable bonds is 7. The molecule has 1 aromatic rings. The van der Waals surface area contributed by atoms with Gasteiger partial charge in [0, 0.05) is 4.88 Å². The largest absolute Gasteiger partial charge is 0.462 e. The summed E-state index contributed by atoms with van der Waals surface area (Å²) in [6.45, 7) is 0.878. The first-order valence-electron chi connectivity index (χ1n) is 11.0. The molecule has 2 aliphatic carbocycles. The first kappa shape index (κ1) is 22.4. The van der Waals surface area contributed by atoms with Crippen LogP contribution in [0.3, 0.4) is 0 Å². The highest BCUT2D eigenvalue weighted by atomic mass is 32.1. The lowest BCUT2D eigenvalue weighted by molar-refractivity contribution is -0.154. The number of esters is 2. The van der Waals surface area contributed by atoms with Gasteiger partial charge in [-0.3, -0.25) is 24.1 Å². The molecule has 2 heterocycles. The zero-order chi connectivity index (χ0) is 22.8. The minimum Gasteiger partial charge on any atom is -0.462 e. The second-order valence-corrected chi connectivity index (χ2v) is 9.36. The molecule has 9 nitrogen and oxygen atoms in total. The number of carbonyl (C=O) groups excluding carboxylic acids is 5. The molecule has 0 aromatic carbocycles. The lowest BCUT2D eigenvalue weighted by Crippen LogP contribution is -2.37. The van der Waals surface area contributed by atoms with Gasteiger partial charge in [0.05, 0.1) is 24.0 Å². The van der Waals surface area contributed by atoms with Crippen molar-refractivity contribution in [2.24, 2.45) is 11.8 Å². The van der Waals surface area contributed by atoms with E-state index in [-0.39, 0.29) is 30.3 Å². The molecule has 1 saturated carbocycles. The van der Waals surface area contributed by atoms with Gasteiger partial charge in [-0.15, -0.1) is 11.3 Å². The fourth-order valence-corrected chi connectivity index (χ4v) is 6.08. The Labute approximate surface area is 189 Å². The summed E-state index contributed by atoms with van der Waals surface area (Å²) in [5.41, 5.74) is 1.29. The molecule has 2 fully saturated rings. The summed E-state index contributed by atoms with van der Waals surface area (Å²) in [5, 5.41) is 3.03. The molecule has 1 saturated heterocycles. The number of thiophene rings is 1. The van der Waals surface area contributed by atoms with Crippen molar-refractivity contribution in [3.63, 3.8) is 0 Å². The van der Waals surface area contributed by atoms with E-state index in [2.05, 4.69) is 5.32 Å². The Kier molecular flexibility index (Phi) is 6.59. The highest BCUT2D eigenvalue weighted by Gasteiger charge is 2.48. The first-order chi connectivity index (χ1) is 15.4. The standard InChI is InChI=1S/C22H26N2O7S/c1-2-30-22(29)18-14-8-5-9-15(14)32-19(18)23-16(25)11-31-17(26)10-24-20(27)12-6-3-4-7-13(12)21(24)28/h12-13H,2-11H2,1H3,(H,23,25)/t12-,13-/m0/s1. The molecule has 172 valence electrons. The van der Waals surface area contributed by atoms with Crippen molar-refractivity contribution in [3.8, 4) is 0 Å². The van der Waals surface area contributed by atoms with E-state index in [0.717, 1.165) is 47.4 Å². The molecule has 4 rings (SSSR count). The Morgan fingerprint density at radius 3 is 2.38 bits per heavy atom. The van der Waals surface area contributed by atoms with Crippen LogP contribution in [0.15, 0.2) is 0 Å². The molecular weight excluding hydrogens is 436 g/mol. The predicted octanol–water partition coefficient (Wildman–Crippen LogP) is 2.07. The molecular formula is C22H26N2O7S. The minimum atomic E-state index is -0.820. The van der Waals surface area contributed by atoms with Crippen LogP contribution in [-0.2, 0) is 41.5 Å². The summed E-state index contributed by atoms with van der Waals surface area (Å²) < 4.78 is 10.1. The van der Waals surface area contributed by atoms with Gasteiger partial charge in [-0.25, -0.2) is 4.79 Å². The van der Waals surface area contributed by atoms with Gasteiger partial charge in [0.2, 0.25) is 11.8 Å². The zero-order valence-electron chi connectivity index (χ0n) is 17.9. The van der Waals surface area contributed by atoms with Crippen LogP contribution in [-0.4, -0.2) is 54.3 Å². The molecule has 32 heavy (non-hydrogen) atoms. The Morgan fingerprint density at radius 1 is 1.03 bits per heavy atom. The second kappa shape index (κ2) is 9.40. The molecule has 3 amide bonds. The number of likely N-dealkylation sites (tertiary alicyclic amines) is 1. The fourth-order valence-electron chi connectivity index (χ4n) is 4.78. The van der Waals surface area contributed by atoms with Gasteiger partial charge in [0.15, 0.2) is 6.61 Å². The Bertz CT molecular complexity index is 946. The summed E-state index contributed by atoms with van der Waals surface area (Å²) >= 11 is 1.33. The summed E-state index contributed by atoms with van der Waals surface area (Å²) in [4.78, 5) is 63.9. The van der Waals surface area contributed by atoms with Crippen LogP contribution in [0, 0.1) is 11.8 Å². The van der Waals surface area contributed by atoms with Gasteiger partial charge < -0.3 is 14.8 Å².